The third kappa shape index (κ3) is 3.77. The van der Waals surface area contributed by atoms with Gasteiger partial charge in [-0.2, -0.15) is 0 Å². The number of hydrogen-bond donors (Lipinski definition) is 0. The van der Waals surface area contributed by atoms with Crippen LogP contribution in [0.3, 0.4) is 0 Å². The first-order valence-electron chi connectivity index (χ1n) is 9.37. The minimum atomic E-state index is 0.151. The fourth-order valence-corrected chi connectivity index (χ4v) is 4.72. The number of halogens is 1. The molecule has 3 aromatic rings. The molecule has 1 aliphatic heterocycles. The topological polar surface area (TPSA) is 28.5 Å². The maximum Gasteiger partial charge on any atom is 0.270 e. The van der Waals surface area contributed by atoms with E-state index in [1.165, 1.54) is 15.8 Å². The summed E-state index contributed by atoms with van der Waals surface area (Å²) in [7, 11) is 0. The van der Waals surface area contributed by atoms with E-state index < -0.39 is 0 Å². The first kappa shape index (κ1) is 18.5. The van der Waals surface area contributed by atoms with Crippen molar-refractivity contribution in [1.82, 2.24) is 14.4 Å². The third-order valence-electron chi connectivity index (χ3n) is 5.17. The summed E-state index contributed by atoms with van der Waals surface area (Å²) in [6, 6.07) is 12.4. The second kappa shape index (κ2) is 7.66. The molecule has 0 radical (unpaired) electrons. The lowest BCUT2D eigenvalue weighted by molar-refractivity contribution is 0.0617. The number of carbonyl (C=O) groups excluding carboxylic acids is 1. The van der Waals surface area contributed by atoms with Gasteiger partial charge in [-0.15, -0.1) is 11.3 Å². The molecule has 1 aromatic carbocycles. The first-order valence-corrected chi connectivity index (χ1v) is 10.6. The number of rotatable bonds is 4. The fourth-order valence-electron chi connectivity index (χ4n) is 3.78. The number of nitrogens with zero attached hydrogens (tertiary/aromatic N) is 3. The van der Waals surface area contributed by atoms with Crippen molar-refractivity contribution in [3.8, 4) is 0 Å². The zero-order valence-corrected chi connectivity index (χ0v) is 17.3. The lowest BCUT2D eigenvalue weighted by Gasteiger charge is -2.35. The van der Waals surface area contributed by atoms with Crippen molar-refractivity contribution < 1.29 is 4.79 Å². The van der Waals surface area contributed by atoms with E-state index in [4.69, 9.17) is 11.6 Å². The third-order valence-corrected chi connectivity index (χ3v) is 6.28. The number of piperazine rings is 1. The number of carbonyl (C=O) groups is 1. The summed E-state index contributed by atoms with van der Waals surface area (Å²) in [5.41, 5.74) is 3.24. The van der Waals surface area contributed by atoms with Crippen LogP contribution in [0, 0.1) is 0 Å². The Morgan fingerprint density at radius 2 is 1.81 bits per heavy atom. The number of fused-ring (bicyclic) bond motifs is 1. The largest absolute Gasteiger partial charge is 0.335 e. The molecule has 3 heterocycles. The maximum absolute atomic E-state index is 13.2. The van der Waals surface area contributed by atoms with E-state index in [9.17, 15) is 4.79 Å². The molecule has 4 rings (SSSR count). The molecule has 1 fully saturated rings. The second-order valence-electron chi connectivity index (χ2n) is 7.36. The molecule has 0 atom stereocenters. The summed E-state index contributed by atoms with van der Waals surface area (Å²) in [5, 5.41) is 2.86. The van der Waals surface area contributed by atoms with Gasteiger partial charge in [-0.25, -0.2) is 0 Å². The van der Waals surface area contributed by atoms with E-state index in [1.54, 1.807) is 11.3 Å². The summed E-state index contributed by atoms with van der Waals surface area (Å²) in [5.74, 6) is 0.151. The van der Waals surface area contributed by atoms with Crippen LogP contribution < -0.4 is 0 Å². The molecule has 27 heavy (non-hydrogen) atoms. The van der Waals surface area contributed by atoms with Gasteiger partial charge in [0.15, 0.2) is 0 Å². The van der Waals surface area contributed by atoms with Gasteiger partial charge < -0.3 is 9.47 Å². The van der Waals surface area contributed by atoms with Crippen LogP contribution in [-0.4, -0.2) is 46.5 Å². The first-order chi connectivity index (χ1) is 13.0. The zero-order chi connectivity index (χ0) is 19.0. The quantitative estimate of drug-likeness (QED) is 0.622. The van der Waals surface area contributed by atoms with Crippen LogP contribution in [0.15, 0.2) is 41.8 Å². The average Bonchev–Trinajstić information content (AvgIpc) is 3.24. The van der Waals surface area contributed by atoms with E-state index in [-0.39, 0.29) is 11.9 Å². The molecule has 6 heteroatoms. The van der Waals surface area contributed by atoms with Crippen molar-refractivity contribution >= 4 is 39.1 Å². The van der Waals surface area contributed by atoms with Gasteiger partial charge in [0.2, 0.25) is 0 Å². The summed E-state index contributed by atoms with van der Waals surface area (Å²) in [6.07, 6.45) is 0. The number of hydrogen-bond acceptors (Lipinski definition) is 3. The van der Waals surface area contributed by atoms with Crippen LogP contribution in [0.2, 0.25) is 5.02 Å². The predicted octanol–water partition coefficient (Wildman–Crippen LogP) is 4.90. The molecule has 0 unspecified atom stereocenters. The van der Waals surface area contributed by atoms with E-state index >= 15 is 0 Å². The zero-order valence-electron chi connectivity index (χ0n) is 15.7. The Balaban J connectivity index is 1.44. The van der Waals surface area contributed by atoms with Gasteiger partial charge in [0.05, 0.1) is 10.2 Å². The smallest absolute Gasteiger partial charge is 0.270 e. The van der Waals surface area contributed by atoms with Gasteiger partial charge >= 0.3 is 0 Å². The molecule has 0 saturated carbocycles. The Labute approximate surface area is 168 Å². The molecule has 4 nitrogen and oxygen atoms in total. The lowest BCUT2D eigenvalue weighted by Crippen LogP contribution is -2.48. The van der Waals surface area contributed by atoms with Gasteiger partial charge in [-0.05, 0) is 49.1 Å². The van der Waals surface area contributed by atoms with Crippen molar-refractivity contribution in [2.24, 2.45) is 0 Å². The van der Waals surface area contributed by atoms with E-state index in [2.05, 4.69) is 53.0 Å². The highest BCUT2D eigenvalue weighted by Crippen LogP contribution is 2.29. The molecule has 0 bridgehead atoms. The molecular weight excluding hydrogens is 378 g/mol. The van der Waals surface area contributed by atoms with E-state index in [0.29, 0.717) is 0 Å². The fraction of sp³-hybridized carbons (Fsp3) is 0.381. The molecule has 0 spiro atoms. The molecule has 2 aromatic heterocycles. The number of thiophene rings is 1. The molecule has 142 valence electrons. The Bertz CT molecular complexity index is 936. The molecule has 0 aliphatic carbocycles. The van der Waals surface area contributed by atoms with E-state index in [0.717, 1.165) is 43.4 Å². The minimum Gasteiger partial charge on any atom is -0.335 e. The molecule has 1 amide bonds. The van der Waals surface area contributed by atoms with Crippen molar-refractivity contribution in [1.29, 1.82) is 0 Å². The van der Waals surface area contributed by atoms with Crippen molar-refractivity contribution in [2.75, 3.05) is 26.2 Å². The van der Waals surface area contributed by atoms with Crippen LogP contribution in [0.5, 0.6) is 0 Å². The lowest BCUT2D eigenvalue weighted by atomic mass is 10.2. The molecule has 0 N–H and O–H groups in total. The van der Waals surface area contributed by atoms with Crippen molar-refractivity contribution in [3.05, 3.63) is 58.1 Å². The van der Waals surface area contributed by atoms with Crippen LogP contribution >= 0.6 is 22.9 Å². The second-order valence-corrected chi connectivity index (χ2v) is 8.74. The Morgan fingerprint density at radius 1 is 1.11 bits per heavy atom. The Morgan fingerprint density at radius 3 is 2.48 bits per heavy atom. The Hall–Kier alpha value is -1.82. The number of amides is 1. The SMILES string of the molecule is CC(C)n1c(C(=O)N2CCN(Cc3ccc(Cl)cc3)CC2)cc2sccc21. The number of aromatic nitrogens is 1. The highest BCUT2D eigenvalue weighted by atomic mass is 35.5. The van der Waals surface area contributed by atoms with Crippen LogP contribution in [0.1, 0.15) is 35.9 Å². The van der Waals surface area contributed by atoms with Crippen LogP contribution in [0.4, 0.5) is 0 Å². The normalized spacial score (nSPS) is 15.8. The summed E-state index contributed by atoms with van der Waals surface area (Å²) >= 11 is 7.66. The highest BCUT2D eigenvalue weighted by Gasteiger charge is 2.26. The van der Waals surface area contributed by atoms with Gasteiger partial charge in [0, 0.05) is 43.8 Å². The van der Waals surface area contributed by atoms with E-state index in [1.807, 2.05) is 17.0 Å². The maximum atomic E-state index is 13.2. The minimum absolute atomic E-state index is 0.151. The van der Waals surface area contributed by atoms with Gasteiger partial charge in [0.1, 0.15) is 5.69 Å². The van der Waals surface area contributed by atoms with Crippen LogP contribution in [0.25, 0.3) is 10.2 Å². The van der Waals surface area contributed by atoms with Gasteiger partial charge in [0.25, 0.3) is 5.91 Å². The van der Waals surface area contributed by atoms with Crippen molar-refractivity contribution in [3.63, 3.8) is 0 Å². The summed E-state index contributed by atoms with van der Waals surface area (Å²) in [4.78, 5) is 17.6. The van der Waals surface area contributed by atoms with Gasteiger partial charge in [-0.1, -0.05) is 23.7 Å². The average molecular weight is 402 g/mol. The monoisotopic (exact) mass is 401 g/mol. The predicted molar refractivity (Wildman–Crippen MR) is 113 cm³/mol. The summed E-state index contributed by atoms with van der Waals surface area (Å²) in [6.45, 7) is 8.50. The highest BCUT2D eigenvalue weighted by molar-refractivity contribution is 7.17. The molecule has 1 saturated heterocycles. The van der Waals surface area contributed by atoms with Crippen LogP contribution in [-0.2, 0) is 6.54 Å². The number of benzene rings is 1. The molecular formula is C21H24ClN3OS. The van der Waals surface area contributed by atoms with Gasteiger partial charge in [-0.3, -0.25) is 9.69 Å². The Kier molecular flexibility index (Phi) is 5.26. The van der Waals surface area contributed by atoms with Crippen molar-refractivity contribution in [2.45, 2.75) is 26.4 Å². The summed E-state index contributed by atoms with van der Waals surface area (Å²) < 4.78 is 3.36. The molecule has 1 aliphatic rings. The standard InChI is InChI=1S/C21H24ClN3OS/c1-15(2)25-18-7-12-27-20(18)13-19(25)21(26)24-10-8-23(9-11-24)14-16-3-5-17(22)6-4-16/h3-7,12-13,15H,8-11,14H2,1-2H3.